The van der Waals surface area contributed by atoms with E-state index in [4.69, 9.17) is 16.3 Å². The van der Waals surface area contributed by atoms with E-state index in [2.05, 4.69) is 35.6 Å². The number of likely N-dealkylation sites (N-methyl/N-ethyl adjacent to an activating group) is 1. The fraction of sp³-hybridized carbons (Fsp3) is 0.333. The molecule has 192 valence electrons. The van der Waals surface area contributed by atoms with Crippen LogP contribution in [-0.2, 0) is 16.1 Å². The number of aromatic nitrogens is 6. The number of carbonyl (C=O) groups is 1. The molecule has 1 amide bonds. The summed E-state index contributed by atoms with van der Waals surface area (Å²) in [5.41, 5.74) is 3.16. The standard InChI is InChI=1S/C24H25ClN8O4/c1-3-27-23(36)19-17(34)18(35)24(37-19)33-11-30-16-21(29-10-15-6-12(2)4-5-28-15)31-20(32-22(16)33)13-7-14(25)9-26-8-13/h4-9,11,17-19,24,34-35H,3,10H2,1-2H3,(H,27,36)(H,29,31,32)/t17-,18+,19-,24+/m0/s1. The molecule has 5 rings (SSSR count). The van der Waals surface area contributed by atoms with Gasteiger partial charge in [0.1, 0.15) is 12.2 Å². The van der Waals surface area contributed by atoms with Crippen LogP contribution in [0.15, 0.2) is 43.1 Å². The first-order valence-corrected chi connectivity index (χ1v) is 12.0. The van der Waals surface area contributed by atoms with Crippen LogP contribution >= 0.6 is 11.6 Å². The lowest BCUT2D eigenvalue weighted by Crippen LogP contribution is -2.42. The number of hydrogen-bond acceptors (Lipinski definition) is 10. The van der Waals surface area contributed by atoms with E-state index >= 15 is 0 Å². The Morgan fingerprint density at radius 2 is 2.03 bits per heavy atom. The highest BCUT2D eigenvalue weighted by atomic mass is 35.5. The molecule has 0 bridgehead atoms. The molecule has 4 aromatic heterocycles. The van der Waals surface area contributed by atoms with Crippen LogP contribution in [0.3, 0.4) is 0 Å². The predicted octanol–water partition coefficient (Wildman–Crippen LogP) is 1.61. The van der Waals surface area contributed by atoms with Crippen LogP contribution in [0.1, 0.15) is 24.4 Å². The van der Waals surface area contributed by atoms with Crippen LogP contribution in [-0.4, -0.2) is 70.5 Å². The van der Waals surface area contributed by atoms with Crippen LogP contribution < -0.4 is 10.6 Å². The summed E-state index contributed by atoms with van der Waals surface area (Å²) in [5.74, 6) is 0.196. The second kappa shape index (κ2) is 10.3. The lowest BCUT2D eigenvalue weighted by molar-refractivity contribution is -0.137. The number of ether oxygens (including phenoxy) is 1. The maximum atomic E-state index is 12.4. The number of rotatable bonds is 7. The first-order chi connectivity index (χ1) is 17.9. The number of halogens is 1. The highest BCUT2D eigenvalue weighted by Gasteiger charge is 2.47. The van der Waals surface area contributed by atoms with Gasteiger partial charge in [-0.05, 0) is 37.6 Å². The summed E-state index contributed by atoms with van der Waals surface area (Å²) in [6.07, 6.45) is 1.05. The van der Waals surface area contributed by atoms with Crippen molar-refractivity contribution >= 4 is 34.5 Å². The zero-order valence-corrected chi connectivity index (χ0v) is 20.8. The van der Waals surface area contributed by atoms with Gasteiger partial charge < -0.3 is 25.6 Å². The van der Waals surface area contributed by atoms with Gasteiger partial charge in [-0.2, -0.15) is 0 Å². The second-order valence-corrected chi connectivity index (χ2v) is 9.05. The van der Waals surface area contributed by atoms with E-state index in [1.54, 1.807) is 25.4 Å². The van der Waals surface area contributed by atoms with Crippen molar-refractivity contribution in [3.8, 4) is 11.4 Å². The molecule has 4 atom stereocenters. The summed E-state index contributed by atoms with van der Waals surface area (Å²) in [5, 5.41) is 27.5. The highest BCUT2D eigenvalue weighted by Crippen LogP contribution is 2.34. The molecular weight excluding hydrogens is 500 g/mol. The zero-order chi connectivity index (χ0) is 26.1. The highest BCUT2D eigenvalue weighted by molar-refractivity contribution is 6.30. The van der Waals surface area contributed by atoms with Crippen molar-refractivity contribution in [2.24, 2.45) is 0 Å². The third-order valence-corrected chi connectivity index (χ3v) is 6.12. The fourth-order valence-electron chi connectivity index (χ4n) is 4.14. The van der Waals surface area contributed by atoms with Crippen LogP contribution in [0.4, 0.5) is 5.82 Å². The minimum Gasteiger partial charge on any atom is -0.387 e. The van der Waals surface area contributed by atoms with E-state index in [1.165, 1.54) is 17.1 Å². The molecule has 0 saturated carbocycles. The molecule has 0 unspecified atom stereocenters. The molecule has 5 heterocycles. The Bertz CT molecular complexity index is 1450. The molecule has 12 nitrogen and oxygen atoms in total. The molecule has 1 saturated heterocycles. The first-order valence-electron chi connectivity index (χ1n) is 11.7. The monoisotopic (exact) mass is 524 g/mol. The first kappa shape index (κ1) is 25.0. The van der Waals surface area contributed by atoms with Crippen molar-refractivity contribution in [1.82, 2.24) is 34.8 Å². The minimum absolute atomic E-state index is 0.303. The SMILES string of the molecule is CCNC(=O)[C@H]1O[C@@H](n2cnc3c(NCc4cc(C)ccn4)nc(-c4cncc(Cl)c4)nc32)[C@H](O)[C@@H]1O. The van der Waals surface area contributed by atoms with Crippen LogP contribution in [0.2, 0.25) is 5.02 Å². The Hall–Kier alpha value is -3.71. The van der Waals surface area contributed by atoms with Crippen LogP contribution in [0.25, 0.3) is 22.6 Å². The second-order valence-electron chi connectivity index (χ2n) is 8.61. The Balaban J connectivity index is 1.56. The van der Waals surface area contributed by atoms with Gasteiger partial charge in [0.2, 0.25) is 0 Å². The minimum atomic E-state index is -1.43. The summed E-state index contributed by atoms with van der Waals surface area (Å²) < 4.78 is 7.26. The number of amides is 1. The average Bonchev–Trinajstić information content (AvgIpc) is 3.43. The van der Waals surface area contributed by atoms with Gasteiger partial charge in [0.25, 0.3) is 5.91 Å². The summed E-state index contributed by atoms with van der Waals surface area (Å²) in [6, 6.07) is 5.54. The van der Waals surface area contributed by atoms with E-state index in [9.17, 15) is 15.0 Å². The van der Waals surface area contributed by atoms with Gasteiger partial charge >= 0.3 is 0 Å². The number of nitrogens with zero attached hydrogens (tertiary/aromatic N) is 6. The van der Waals surface area contributed by atoms with E-state index in [0.717, 1.165) is 11.3 Å². The fourth-order valence-corrected chi connectivity index (χ4v) is 4.31. The summed E-state index contributed by atoms with van der Waals surface area (Å²) >= 11 is 6.15. The predicted molar refractivity (Wildman–Crippen MR) is 134 cm³/mol. The summed E-state index contributed by atoms with van der Waals surface area (Å²) in [4.78, 5) is 34.6. The quantitative estimate of drug-likeness (QED) is 0.279. The number of aliphatic hydroxyl groups is 2. The number of anilines is 1. The molecule has 1 aliphatic rings. The summed E-state index contributed by atoms with van der Waals surface area (Å²) in [6.45, 7) is 4.46. The Morgan fingerprint density at radius 1 is 1.19 bits per heavy atom. The number of aryl methyl sites for hydroxylation is 1. The number of aliphatic hydroxyl groups excluding tert-OH is 2. The van der Waals surface area contributed by atoms with E-state index in [1.807, 2.05) is 19.1 Å². The van der Waals surface area contributed by atoms with Crippen molar-refractivity contribution in [2.45, 2.75) is 44.9 Å². The van der Waals surface area contributed by atoms with Gasteiger partial charge in [-0.15, -0.1) is 0 Å². The Morgan fingerprint density at radius 3 is 2.78 bits per heavy atom. The van der Waals surface area contributed by atoms with Crippen molar-refractivity contribution in [1.29, 1.82) is 0 Å². The molecule has 0 aromatic carbocycles. The molecule has 4 aromatic rings. The van der Waals surface area contributed by atoms with Crippen LogP contribution in [0, 0.1) is 6.92 Å². The van der Waals surface area contributed by atoms with E-state index in [0.29, 0.717) is 46.5 Å². The lowest BCUT2D eigenvalue weighted by Gasteiger charge is -2.17. The normalized spacial score (nSPS) is 21.3. The number of pyridine rings is 2. The maximum Gasteiger partial charge on any atom is 0.252 e. The maximum absolute atomic E-state index is 12.4. The number of nitrogens with one attached hydrogen (secondary N) is 2. The van der Waals surface area contributed by atoms with Crippen molar-refractivity contribution < 1.29 is 19.7 Å². The third-order valence-electron chi connectivity index (χ3n) is 5.92. The molecule has 0 radical (unpaired) electrons. The number of imidazole rings is 1. The Labute approximate surface area is 216 Å². The number of fused-ring (bicyclic) bond motifs is 1. The number of carbonyl (C=O) groups excluding carboxylic acids is 1. The van der Waals surface area contributed by atoms with E-state index < -0.39 is 30.4 Å². The Kier molecular flexibility index (Phi) is 6.98. The summed E-state index contributed by atoms with van der Waals surface area (Å²) in [7, 11) is 0. The van der Waals surface area contributed by atoms with Crippen molar-refractivity contribution in [3.63, 3.8) is 0 Å². The number of hydrogen-bond donors (Lipinski definition) is 4. The molecule has 4 N–H and O–H groups in total. The molecule has 1 aliphatic heterocycles. The van der Waals surface area contributed by atoms with Gasteiger partial charge in [0, 0.05) is 30.7 Å². The molecule has 37 heavy (non-hydrogen) atoms. The van der Waals surface area contributed by atoms with Gasteiger partial charge in [-0.3, -0.25) is 19.3 Å². The average molecular weight is 525 g/mol. The van der Waals surface area contributed by atoms with Crippen molar-refractivity contribution in [2.75, 3.05) is 11.9 Å². The molecule has 13 heteroatoms. The van der Waals surface area contributed by atoms with Crippen LogP contribution in [0.5, 0.6) is 0 Å². The van der Waals surface area contributed by atoms with E-state index in [-0.39, 0.29) is 0 Å². The topological polar surface area (TPSA) is 160 Å². The van der Waals surface area contributed by atoms with Gasteiger partial charge in [-0.25, -0.2) is 15.0 Å². The van der Waals surface area contributed by atoms with Crippen molar-refractivity contribution in [3.05, 3.63) is 59.4 Å². The molecule has 0 spiro atoms. The van der Waals surface area contributed by atoms with Gasteiger partial charge in [-0.1, -0.05) is 11.6 Å². The smallest absolute Gasteiger partial charge is 0.252 e. The van der Waals surface area contributed by atoms with Gasteiger partial charge in [0.05, 0.1) is 23.6 Å². The van der Waals surface area contributed by atoms with Gasteiger partial charge in [0.15, 0.2) is 35.1 Å². The largest absolute Gasteiger partial charge is 0.387 e. The molecule has 1 fully saturated rings. The molecule has 0 aliphatic carbocycles. The lowest BCUT2D eigenvalue weighted by atomic mass is 10.1. The molecular formula is C24H25ClN8O4. The zero-order valence-electron chi connectivity index (χ0n) is 20.0. The third kappa shape index (κ3) is 4.96.